The molecule has 0 aliphatic heterocycles. The van der Waals surface area contributed by atoms with Gasteiger partial charge in [0.15, 0.2) is 5.82 Å². The van der Waals surface area contributed by atoms with E-state index in [0.29, 0.717) is 5.82 Å². The van der Waals surface area contributed by atoms with Gasteiger partial charge < -0.3 is 5.73 Å². The van der Waals surface area contributed by atoms with Crippen molar-refractivity contribution in [3.05, 3.63) is 58.7 Å². The number of nitrogens with zero attached hydrogens (tertiary/aromatic N) is 2. The topological polar surface area (TPSA) is 43.8 Å². The maximum absolute atomic E-state index is 5.73. The molecule has 90 valence electrons. The van der Waals surface area contributed by atoms with Gasteiger partial charge in [0.05, 0.1) is 11.0 Å². The number of hydrogen-bond acceptors (Lipinski definition) is 2. The molecule has 0 amide bonds. The van der Waals surface area contributed by atoms with E-state index in [4.69, 9.17) is 5.73 Å². The van der Waals surface area contributed by atoms with E-state index >= 15 is 0 Å². The van der Waals surface area contributed by atoms with Crippen LogP contribution in [0, 0.1) is 0 Å². The van der Waals surface area contributed by atoms with Crippen LogP contribution in [-0.2, 0) is 6.54 Å². The Morgan fingerprint density at radius 1 is 1.11 bits per heavy atom. The Balaban J connectivity index is 2.04. The van der Waals surface area contributed by atoms with Gasteiger partial charge in [0, 0.05) is 6.20 Å². The SMILES string of the molecule is Nc1nn(Cc2cccc3ccccc23)cc1Br. The van der Waals surface area contributed by atoms with Gasteiger partial charge in [-0.05, 0) is 32.3 Å². The molecule has 4 heteroatoms. The lowest BCUT2D eigenvalue weighted by atomic mass is 10.0. The van der Waals surface area contributed by atoms with E-state index in [0.717, 1.165) is 11.0 Å². The van der Waals surface area contributed by atoms with E-state index in [1.807, 2.05) is 10.9 Å². The van der Waals surface area contributed by atoms with E-state index in [2.05, 4.69) is 63.5 Å². The smallest absolute Gasteiger partial charge is 0.159 e. The minimum Gasteiger partial charge on any atom is -0.381 e. The molecule has 0 bridgehead atoms. The zero-order valence-corrected chi connectivity index (χ0v) is 11.3. The molecule has 3 rings (SSSR count). The van der Waals surface area contributed by atoms with Crippen molar-refractivity contribution >= 4 is 32.5 Å². The largest absolute Gasteiger partial charge is 0.381 e. The van der Waals surface area contributed by atoms with Gasteiger partial charge in [-0.15, -0.1) is 0 Å². The molecule has 2 aromatic carbocycles. The van der Waals surface area contributed by atoms with Crippen molar-refractivity contribution in [1.82, 2.24) is 9.78 Å². The van der Waals surface area contributed by atoms with Gasteiger partial charge >= 0.3 is 0 Å². The summed E-state index contributed by atoms with van der Waals surface area (Å²) >= 11 is 3.37. The Kier molecular flexibility index (Phi) is 2.80. The Morgan fingerprint density at radius 3 is 2.67 bits per heavy atom. The van der Waals surface area contributed by atoms with E-state index < -0.39 is 0 Å². The first-order valence-corrected chi connectivity index (χ1v) is 6.48. The summed E-state index contributed by atoms with van der Waals surface area (Å²) in [6, 6.07) is 14.7. The lowest BCUT2D eigenvalue weighted by Crippen LogP contribution is -2.01. The van der Waals surface area contributed by atoms with E-state index in [9.17, 15) is 0 Å². The number of aromatic nitrogens is 2. The molecule has 0 saturated heterocycles. The average Bonchev–Trinajstić information content (AvgIpc) is 2.69. The van der Waals surface area contributed by atoms with Gasteiger partial charge in [-0.1, -0.05) is 42.5 Å². The average molecular weight is 302 g/mol. The number of halogens is 1. The first-order valence-electron chi connectivity index (χ1n) is 5.69. The van der Waals surface area contributed by atoms with Crippen LogP contribution in [0.3, 0.4) is 0 Å². The van der Waals surface area contributed by atoms with Gasteiger partial charge in [0.25, 0.3) is 0 Å². The second-order valence-electron chi connectivity index (χ2n) is 4.20. The van der Waals surface area contributed by atoms with Crippen LogP contribution in [0.15, 0.2) is 53.1 Å². The van der Waals surface area contributed by atoms with Crippen LogP contribution >= 0.6 is 15.9 Å². The Bertz CT molecular complexity index is 678. The maximum atomic E-state index is 5.73. The van der Waals surface area contributed by atoms with Gasteiger partial charge in [0.2, 0.25) is 0 Å². The van der Waals surface area contributed by atoms with Crippen molar-refractivity contribution < 1.29 is 0 Å². The summed E-state index contributed by atoms with van der Waals surface area (Å²) in [6.07, 6.45) is 1.90. The molecule has 1 aromatic heterocycles. The molecule has 3 aromatic rings. The van der Waals surface area contributed by atoms with Crippen molar-refractivity contribution in [2.24, 2.45) is 0 Å². The van der Waals surface area contributed by atoms with E-state index in [-0.39, 0.29) is 0 Å². The van der Waals surface area contributed by atoms with Gasteiger partial charge in [-0.3, -0.25) is 4.68 Å². The Labute approximate surface area is 113 Å². The molecule has 0 atom stereocenters. The molecule has 0 saturated carbocycles. The van der Waals surface area contributed by atoms with Crippen LogP contribution in [0.1, 0.15) is 5.56 Å². The molecule has 18 heavy (non-hydrogen) atoms. The molecule has 0 spiro atoms. The molecule has 0 radical (unpaired) electrons. The molecule has 2 N–H and O–H groups in total. The summed E-state index contributed by atoms with van der Waals surface area (Å²) in [5.74, 6) is 0.523. The van der Waals surface area contributed by atoms with E-state index in [1.54, 1.807) is 0 Å². The molecular weight excluding hydrogens is 290 g/mol. The molecule has 0 unspecified atom stereocenters. The van der Waals surface area contributed by atoms with E-state index in [1.165, 1.54) is 16.3 Å². The highest BCUT2D eigenvalue weighted by Crippen LogP contribution is 2.21. The van der Waals surface area contributed by atoms with Crippen molar-refractivity contribution in [1.29, 1.82) is 0 Å². The van der Waals surface area contributed by atoms with Crippen LogP contribution < -0.4 is 5.73 Å². The lowest BCUT2D eigenvalue weighted by Gasteiger charge is -2.06. The van der Waals surface area contributed by atoms with Crippen LogP contribution in [0.25, 0.3) is 10.8 Å². The number of benzene rings is 2. The second kappa shape index (κ2) is 4.46. The maximum Gasteiger partial charge on any atom is 0.159 e. The minimum atomic E-state index is 0.523. The fourth-order valence-corrected chi connectivity index (χ4v) is 2.41. The second-order valence-corrected chi connectivity index (χ2v) is 5.05. The third-order valence-electron chi connectivity index (χ3n) is 2.96. The summed E-state index contributed by atoms with van der Waals surface area (Å²) in [5.41, 5.74) is 6.97. The lowest BCUT2D eigenvalue weighted by molar-refractivity contribution is 0.693. The fourth-order valence-electron chi connectivity index (χ4n) is 2.10. The minimum absolute atomic E-state index is 0.523. The first kappa shape index (κ1) is 11.3. The van der Waals surface area contributed by atoms with Crippen molar-refractivity contribution in [3.63, 3.8) is 0 Å². The van der Waals surface area contributed by atoms with Gasteiger partial charge in [-0.25, -0.2) is 0 Å². The third kappa shape index (κ3) is 1.99. The van der Waals surface area contributed by atoms with Crippen LogP contribution in [0.4, 0.5) is 5.82 Å². The zero-order valence-electron chi connectivity index (χ0n) is 9.68. The van der Waals surface area contributed by atoms with Crippen molar-refractivity contribution in [2.45, 2.75) is 6.54 Å². The third-order valence-corrected chi connectivity index (χ3v) is 3.57. The quantitative estimate of drug-likeness (QED) is 0.788. The summed E-state index contributed by atoms with van der Waals surface area (Å²) in [7, 11) is 0. The predicted octanol–water partition coefficient (Wildman–Crippen LogP) is 3.43. The van der Waals surface area contributed by atoms with Crippen LogP contribution in [0.5, 0.6) is 0 Å². The molecule has 0 aliphatic rings. The number of nitrogens with two attached hydrogens (primary N) is 1. The monoisotopic (exact) mass is 301 g/mol. The summed E-state index contributed by atoms with van der Waals surface area (Å²) < 4.78 is 2.68. The molecule has 3 nitrogen and oxygen atoms in total. The highest BCUT2D eigenvalue weighted by Gasteiger charge is 2.05. The zero-order chi connectivity index (χ0) is 12.5. The Hall–Kier alpha value is -1.81. The Morgan fingerprint density at radius 2 is 1.89 bits per heavy atom. The highest BCUT2D eigenvalue weighted by atomic mass is 79.9. The standard InChI is InChI=1S/C14H12BrN3/c15-13-9-18(17-14(13)16)8-11-6-3-5-10-4-1-2-7-12(10)11/h1-7,9H,8H2,(H2,16,17). The normalized spacial score (nSPS) is 10.9. The number of nitrogen functional groups attached to an aromatic ring is 1. The summed E-state index contributed by atoms with van der Waals surface area (Å²) in [6.45, 7) is 0.719. The van der Waals surface area contributed by atoms with Gasteiger partial charge in [-0.2, -0.15) is 5.10 Å². The van der Waals surface area contributed by atoms with Crippen molar-refractivity contribution in [3.8, 4) is 0 Å². The highest BCUT2D eigenvalue weighted by molar-refractivity contribution is 9.10. The number of fused-ring (bicyclic) bond motifs is 1. The summed E-state index contributed by atoms with van der Waals surface area (Å²) in [5, 5.41) is 6.76. The number of rotatable bonds is 2. The summed E-state index contributed by atoms with van der Waals surface area (Å²) in [4.78, 5) is 0. The first-order chi connectivity index (χ1) is 8.74. The molecular formula is C14H12BrN3. The molecule has 0 aliphatic carbocycles. The number of anilines is 1. The van der Waals surface area contributed by atoms with Crippen LogP contribution in [0.2, 0.25) is 0 Å². The predicted molar refractivity (Wildman–Crippen MR) is 77.4 cm³/mol. The molecule has 0 fully saturated rings. The van der Waals surface area contributed by atoms with Crippen molar-refractivity contribution in [2.75, 3.05) is 5.73 Å². The fraction of sp³-hybridized carbons (Fsp3) is 0.0714. The number of hydrogen-bond donors (Lipinski definition) is 1. The van der Waals surface area contributed by atoms with Crippen LogP contribution in [-0.4, -0.2) is 9.78 Å². The molecule has 1 heterocycles. The van der Waals surface area contributed by atoms with Gasteiger partial charge in [0.1, 0.15) is 0 Å².